The molecule has 1 aromatic carbocycles. The van der Waals surface area contributed by atoms with Gasteiger partial charge in [0.1, 0.15) is 22.3 Å². The zero-order valence-electron chi connectivity index (χ0n) is 21.2. The van der Waals surface area contributed by atoms with Gasteiger partial charge >= 0.3 is 5.97 Å². The van der Waals surface area contributed by atoms with E-state index in [4.69, 9.17) is 14.7 Å². The summed E-state index contributed by atoms with van der Waals surface area (Å²) < 4.78 is 20.7. The molecule has 0 bridgehead atoms. The maximum absolute atomic E-state index is 14.5. The second kappa shape index (κ2) is 10.2. The number of benzene rings is 1. The lowest BCUT2D eigenvalue weighted by Crippen LogP contribution is -2.51. The summed E-state index contributed by atoms with van der Waals surface area (Å²) in [5.41, 5.74) is 1.23. The number of piperidine rings is 1. The molecule has 0 radical (unpaired) electrons. The zero-order valence-corrected chi connectivity index (χ0v) is 22.0. The van der Waals surface area contributed by atoms with Crippen LogP contribution < -0.4 is 4.74 Å². The maximum Gasteiger partial charge on any atom is 0.335 e. The molecule has 1 N–H and O–H groups in total. The summed E-state index contributed by atoms with van der Waals surface area (Å²) in [6.07, 6.45) is 1.78. The summed E-state index contributed by atoms with van der Waals surface area (Å²) in [5.74, 6) is -0.139. The molecule has 2 aliphatic rings. The standard InChI is InChI=1S/C26H30FN5O4S/c1-14(2)22-30-36-26(31(22)4)32-11-9-16(10-12-32)15(3)35-25-29-21-8-7-20(28-23(21)37-25)18-6-5-17(24(33)34)13-19(18)27/h5-8,13-16,26H,9-12H2,1-4H3,(H,33,34). The Bertz CT molecular complexity index is 1340. The number of aromatic carboxylic acids is 1. The van der Waals surface area contributed by atoms with Crippen LogP contribution in [0.5, 0.6) is 5.19 Å². The van der Waals surface area contributed by atoms with Crippen molar-refractivity contribution < 1.29 is 23.9 Å². The first kappa shape index (κ1) is 25.3. The molecule has 4 heterocycles. The monoisotopic (exact) mass is 527 g/mol. The van der Waals surface area contributed by atoms with Crippen LogP contribution in [0.15, 0.2) is 35.5 Å². The van der Waals surface area contributed by atoms with Gasteiger partial charge in [-0.05, 0) is 56.0 Å². The van der Waals surface area contributed by atoms with Gasteiger partial charge in [0.2, 0.25) is 0 Å². The second-order valence-electron chi connectivity index (χ2n) is 9.84. The fourth-order valence-corrected chi connectivity index (χ4v) is 5.76. The van der Waals surface area contributed by atoms with Gasteiger partial charge in [0, 0.05) is 31.6 Å². The van der Waals surface area contributed by atoms with Crippen LogP contribution in [0.1, 0.15) is 44.0 Å². The van der Waals surface area contributed by atoms with Crippen molar-refractivity contribution in [2.75, 3.05) is 20.1 Å². The van der Waals surface area contributed by atoms with Gasteiger partial charge in [-0.2, -0.15) is 0 Å². The molecule has 0 aliphatic carbocycles. The lowest BCUT2D eigenvalue weighted by atomic mass is 9.92. The first-order valence-corrected chi connectivity index (χ1v) is 13.2. The largest absolute Gasteiger partial charge is 0.478 e. The number of hydrogen-bond acceptors (Lipinski definition) is 9. The number of carboxylic acids is 1. The highest BCUT2D eigenvalue weighted by atomic mass is 32.1. The van der Waals surface area contributed by atoms with Crippen LogP contribution in [0.2, 0.25) is 0 Å². The van der Waals surface area contributed by atoms with Gasteiger partial charge < -0.3 is 19.6 Å². The van der Waals surface area contributed by atoms with Gasteiger partial charge in [0.15, 0.2) is 5.84 Å². The molecule has 5 rings (SSSR count). The van der Waals surface area contributed by atoms with E-state index >= 15 is 0 Å². The van der Waals surface area contributed by atoms with E-state index in [9.17, 15) is 9.18 Å². The highest BCUT2D eigenvalue weighted by molar-refractivity contribution is 7.19. The average molecular weight is 528 g/mol. The van der Waals surface area contributed by atoms with E-state index in [0.717, 1.165) is 37.8 Å². The number of ether oxygens (including phenoxy) is 1. The molecule has 0 saturated carbocycles. The van der Waals surface area contributed by atoms with Crippen LogP contribution in [0, 0.1) is 17.7 Å². The Morgan fingerprint density at radius 2 is 1.95 bits per heavy atom. The number of fused-ring (bicyclic) bond motifs is 1. The molecule has 196 valence electrons. The Morgan fingerprint density at radius 1 is 1.19 bits per heavy atom. The fourth-order valence-electron chi connectivity index (χ4n) is 4.89. The normalized spacial score (nSPS) is 19.8. The van der Waals surface area contributed by atoms with E-state index in [1.54, 1.807) is 12.1 Å². The molecular weight excluding hydrogens is 497 g/mol. The van der Waals surface area contributed by atoms with Crippen LogP contribution in [-0.2, 0) is 4.84 Å². The van der Waals surface area contributed by atoms with E-state index in [2.05, 4.69) is 45.7 Å². The third-order valence-corrected chi connectivity index (χ3v) is 7.87. The molecule has 9 nitrogen and oxygen atoms in total. The Balaban J connectivity index is 1.21. The number of carboxylic acid groups (broad SMARTS) is 1. The maximum atomic E-state index is 14.5. The summed E-state index contributed by atoms with van der Waals surface area (Å²) in [4.78, 5) is 31.0. The Kier molecular flexibility index (Phi) is 7.00. The van der Waals surface area contributed by atoms with Crippen molar-refractivity contribution in [1.82, 2.24) is 19.8 Å². The third-order valence-electron chi connectivity index (χ3n) is 7.01. The van der Waals surface area contributed by atoms with Crippen molar-refractivity contribution in [3.63, 3.8) is 0 Å². The van der Waals surface area contributed by atoms with Crippen LogP contribution >= 0.6 is 11.3 Å². The third kappa shape index (κ3) is 5.10. The Labute approximate surface area is 218 Å². The number of pyridine rings is 1. The SMILES string of the molecule is CC(C)C1=NOC(N2CCC(C(C)Oc3nc4ccc(-c5ccc(C(=O)O)cc5F)nc4s3)CC2)N1C. The van der Waals surface area contributed by atoms with Crippen LogP contribution in [0.3, 0.4) is 0 Å². The van der Waals surface area contributed by atoms with E-state index in [0.29, 0.717) is 33.1 Å². The minimum Gasteiger partial charge on any atom is -0.478 e. The molecule has 1 saturated heterocycles. The summed E-state index contributed by atoms with van der Waals surface area (Å²) in [5, 5.41) is 13.9. The van der Waals surface area contributed by atoms with Gasteiger partial charge in [-0.15, -0.1) is 0 Å². The van der Waals surface area contributed by atoms with E-state index < -0.39 is 11.8 Å². The molecule has 1 fully saturated rings. The first-order valence-electron chi connectivity index (χ1n) is 12.4. The summed E-state index contributed by atoms with van der Waals surface area (Å²) in [7, 11) is 2.03. The van der Waals surface area contributed by atoms with Crippen molar-refractivity contribution in [2.45, 2.75) is 46.1 Å². The van der Waals surface area contributed by atoms with Crippen molar-refractivity contribution in [3.05, 3.63) is 41.7 Å². The number of rotatable bonds is 7. The van der Waals surface area contributed by atoms with Crippen molar-refractivity contribution in [2.24, 2.45) is 17.0 Å². The van der Waals surface area contributed by atoms with Gasteiger partial charge in [0.25, 0.3) is 11.5 Å². The van der Waals surface area contributed by atoms with E-state index in [1.165, 1.54) is 23.5 Å². The number of hydrogen-bond donors (Lipinski definition) is 1. The van der Waals surface area contributed by atoms with Crippen molar-refractivity contribution in [3.8, 4) is 16.5 Å². The predicted molar refractivity (Wildman–Crippen MR) is 139 cm³/mol. The fraction of sp³-hybridized carbons (Fsp3) is 0.462. The van der Waals surface area contributed by atoms with Crippen molar-refractivity contribution in [1.29, 1.82) is 0 Å². The van der Waals surface area contributed by atoms with Crippen LogP contribution in [0.4, 0.5) is 4.39 Å². The predicted octanol–water partition coefficient (Wildman–Crippen LogP) is 4.89. The smallest absolute Gasteiger partial charge is 0.335 e. The number of thiazole rings is 1. The highest BCUT2D eigenvalue weighted by Gasteiger charge is 2.36. The number of oxime groups is 1. The number of aromatic nitrogens is 2. The Hall–Kier alpha value is -3.31. The lowest BCUT2D eigenvalue weighted by molar-refractivity contribution is -0.111. The van der Waals surface area contributed by atoms with Gasteiger partial charge in [-0.1, -0.05) is 30.3 Å². The lowest BCUT2D eigenvalue weighted by Gasteiger charge is -2.38. The second-order valence-corrected chi connectivity index (χ2v) is 10.8. The van der Waals surface area contributed by atoms with Crippen LogP contribution in [-0.4, -0.2) is 69.3 Å². The van der Waals surface area contributed by atoms with E-state index in [1.807, 2.05) is 7.05 Å². The minimum absolute atomic E-state index is 0.0205. The summed E-state index contributed by atoms with van der Waals surface area (Å²) >= 11 is 1.32. The topological polar surface area (TPSA) is 100 Å². The molecule has 2 aromatic heterocycles. The number of carbonyl (C=O) groups is 1. The molecule has 11 heteroatoms. The summed E-state index contributed by atoms with van der Waals surface area (Å²) in [6, 6.07) is 7.27. The molecule has 2 aliphatic heterocycles. The molecular formula is C26H30FN5O4S. The first-order chi connectivity index (χ1) is 17.7. The highest BCUT2D eigenvalue weighted by Crippen LogP contribution is 2.33. The average Bonchev–Trinajstić information content (AvgIpc) is 3.46. The molecule has 2 unspecified atom stereocenters. The number of amidine groups is 1. The van der Waals surface area contributed by atoms with Gasteiger partial charge in [-0.25, -0.2) is 24.1 Å². The van der Waals surface area contributed by atoms with E-state index in [-0.39, 0.29) is 23.6 Å². The number of nitrogens with zero attached hydrogens (tertiary/aromatic N) is 5. The Morgan fingerprint density at radius 3 is 2.59 bits per heavy atom. The molecule has 37 heavy (non-hydrogen) atoms. The molecule has 0 spiro atoms. The molecule has 0 amide bonds. The number of likely N-dealkylation sites (tertiary alicyclic amines) is 1. The zero-order chi connectivity index (χ0) is 26.3. The van der Waals surface area contributed by atoms with Gasteiger partial charge in [-0.3, -0.25) is 0 Å². The summed E-state index contributed by atoms with van der Waals surface area (Å²) in [6.45, 7) is 8.09. The minimum atomic E-state index is -1.17. The quantitative estimate of drug-likeness (QED) is 0.464. The van der Waals surface area contributed by atoms with Crippen molar-refractivity contribution >= 4 is 33.5 Å². The molecule has 3 aromatic rings. The van der Waals surface area contributed by atoms with Crippen LogP contribution in [0.25, 0.3) is 21.6 Å². The van der Waals surface area contributed by atoms with Gasteiger partial charge in [0.05, 0.1) is 11.3 Å². The molecule has 2 atom stereocenters. The number of halogens is 1.